The van der Waals surface area contributed by atoms with Crippen LogP contribution in [0.3, 0.4) is 0 Å². The lowest BCUT2D eigenvalue weighted by Gasteiger charge is -2.44. The Bertz CT molecular complexity index is 788. The Morgan fingerprint density at radius 1 is 1.28 bits per heavy atom. The first-order valence-electron chi connectivity index (χ1n) is 12.2. The van der Waals surface area contributed by atoms with Crippen LogP contribution in [0.1, 0.15) is 79.1 Å². The number of aliphatic hydroxyl groups excluding tert-OH is 3. The van der Waals surface area contributed by atoms with Crippen molar-refractivity contribution in [1.82, 2.24) is 0 Å². The molecule has 0 aliphatic heterocycles. The van der Waals surface area contributed by atoms with Gasteiger partial charge in [0.05, 0.1) is 12.2 Å². The Morgan fingerprint density at radius 2 is 1.97 bits per heavy atom. The molecule has 0 aromatic rings. The highest BCUT2D eigenvalue weighted by Gasteiger charge is 2.51. The van der Waals surface area contributed by atoms with Crippen molar-refractivity contribution in [3.05, 3.63) is 35.5 Å². The molecule has 3 aliphatic carbocycles. The molecule has 3 aliphatic rings. The van der Waals surface area contributed by atoms with Gasteiger partial charge in [-0.15, -0.1) is 0 Å². The first kappa shape index (κ1) is 25.4. The summed E-state index contributed by atoms with van der Waals surface area (Å²) in [6.45, 7) is 11.4. The summed E-state index contributed by atoms with van der Waals surface area (Å²) in [5, 5.41) is 40.6. The number of carbonyl (C=O) groups is 1. The van der Waals surface area contributed by atoms with E-state index in [2.05, 4.69) is 32.6 Å². The fraction of sp³-hybridized carbons (Fsp3) is 0.741. The smallest absolute Gasteiger partial charge is 0.192 e. The van der Waals surface area contributed by atoms with E-state index in [1.165, 1.54) is 19.4 Å². The highest BCUT2D eigenvalue weighted by Crippen LogP contribution is 2.59. The van der Waals surface area contributed by atoms with E-state index in [-0.39, 0.29) is 11.3 Å². The normalized spacial score (nSPS) is 38.1. The number of carbonyl (C=O) groups excluding carboxylic acids is 1. The molecular formula is C27H42O5. The zero-order valence-electron chi connectivity index (χ0n) is 20.2. The Labute approximate surface area is 192 Å². The fourth-order valence-electron chi connectivity index (χ4n) is 6.71. The first-order chi connectivity index (χ1) is 14.8. The molecular weight excluding hydrogens is 404 g/mol. The molecule has 3 saturated carbocycles. The third-order valence-electron chi connectivity index (χ3n) is 8.49. The number of rotatable bonds is 6. The maximum Gasteiger partial charge on any atom is 0.192 e. The van der Waals surface area contributed by atoms with Gasteiger partial charge in [0.1, 0.15) is 11.7 Å². The molecule has 0 heterocycles. The van der Waals surface area contributed by atoms with Crippen molar-refractivity contribution in [2.45, 2.75) is 103 Å². The predicted octanol–water partition coefficient (Wildman–Crippen LogP) is 3.85. The number of allylic oxidation sites excluding steroid dienone is 3. The Balaban J connectivity index is 1.75. The molecule has 0 radical (unpaired) electrons. The van der Waals surface area contributed by atoms with E-state index in [0.717, 1.165) is 37.7 Å². The van der Waals surface area contributed by atoms with E-state index < -0.39 is 29.7 Å². The molecule has 0 aromatic heterocycles. The van der Waals surface area contributed by atoms with Crippen LogP contribution < -0.4 is 0 Å². The van der Waals surface area contributed by atoms with Crippen molar-refractivity contribution in [2.75, 3.05) is 0 Å². The van der Waals surface area contributed by atoms with Gasteiger partial charge < -0.3 is 20.4 Å². The van der Waals surface area contributed by atoms with Crippen molar-refractivity contribution >= 4 is 5.78 Å². The van der Waals surface area contributed by atoms with Crippen LogP contribution in [0.2, 0.25) is 0 Å². The predicted molar refractivity (Wildman–Crippen MR) is 126 cm³/mol. The monoisotopic (exact) mass is 446 g/mol. The third kappa shape index (κ3) is 5.11. The maximum atomic E-state index is 12.3. The van der Waals surface area contributed by atoms with Gasteiger partial charge in [0.15, 0.2) is 5.78 Å². The third-order valence-corrected chi connectivity index (χ3v) is 8.49. The van der Waals surface area contributed by atoms with E-state index in [4.69, 9.17) is 0 Å². The molecule has 3 fully saturated rings. The highest BCUT2D eigenvalue weighted by molar-refractivity contribution is 5.89. The number of aliphatic hydroxyl groups is 4. The molecule has 7 atom stereocenters. The van der Waals surface area contributed by atoms with Crippen LogP contribution >= 0.6 is 0 Å². The topological polar surface area (TPSA) is 98.0 Å². The Morgan fingerprint density at radius 3 is 2.62 bits per heavy atom. The van der Waals surface area contributed by atoms with Gasteiger partial charge in [-0.25, -0.2) is 0 Å². The number of ketones is 1. The molecule has 0 aromatic carbocycles. The summed E-state index contributed by atoms with van der Waals surface area (Å²) in [5.74, 6) is 0.570. The lowest BCUT2D eigenvalue weighted by molar-refractivity contribution is -0.144. The second-order valence-electron chi connectivity index (χ2n) is 11.3. The summed E-state index contributed by atoms with van der Waals surface area (Å²) in [5.41, 5.74) is 1.69. The fourth-order valence-corrected chi connectivity index (χ4v) is 6.71. The van der Waals surface area contributed by atoms with Gasteiger partial charge in [-0.1, -0.05) is 38.2 Å². The molecule has 0 amide bonds. The molecule has 0 spiro atoms. The molecule has 3 rings (SSSR count). The van der Waals surface area contributed by atoms with Crippen molar-refractivity contribution in [1.29, 1.82) is 0 Å². The van der Waals surface area contributed by atoms with Gasteiger partial charge >= 0.3 is 0 Å². The van der Waals surface area contributed by atoms with Crippen molar-refractivity contribution in [3.63, 3.8) is 0 Å². The molecule has 0 bridgehead atoms. The van der Waals surface area contributed by atoms with Crippen molar-refractivity contribution in [2.24, 2.45) is 23.2 Å². The molecule has 180 valence electrons. The Kier molecular flexibility index (Phi) is 7.56. The van der Waals surface area contributed by atoms with E-state index in [1.807, 2.05) is 0 Å². The highest BCUT2D eigenvalue weighted by atomic mass is 16.3. The summed E-state index contributed by atoms with van der Waals surface area (Å²) < 4.78 is 0. The van der Waals surface area contributed by atoms with Gasteiger partial charge in [0.2, 0.25) is 0 Å². The number of Topliss-reactive ketones (excluding diaryl/α,β-unsaturated/α-hetero) is 1. The van der Waals surface area contributed by atoms with E-state index >= 15 is 0 Å². The lowest BCUT2D eigenvalue weighted by Crippen LogP contribution is -2.42. The van der Waals surface area contributed by atoms with Crippen LogP contribution in [0.5, 0.6) is 0 Å². The molecule has 5 heteroatoms. The molecule has 4 N–H and O–H groups in total. The molecule has 5 nitrogen and oxygen atoms in total. The summed E-state index contributed by atoms with van der Waals surface area (Å²) in [7, 11) is 0. The molecule has 0 unspecified atom stereocenters. The number of fused-ring (bicyclic) bond motifs is 1. The minimum absolute atomic E-state index is 0.127. The van der Waals surface area contributed by atoms with Gasteiger partial charge in [0, 0.05) is 6.42 Å². The summed E-state index contributed by atoms with van der Waals surface area (Å²) >= 11 is 0. The van der Waals surface area contributed by atoms with Crippen molar-refractivity contribution < 1.29 is 25.2 Å². The van der Waals surface area contributed by atoms with Gasteiger partial charge in [-0.05, 0) is 93.1 Å². The van der Waals surface area contributed by atoms with Crippen molar-refractivity contribution in [3.8, 4) is 0 Å². The largest absolute Gasteiger partial charge is 0.393 e. The van der Waals surface area contributed by atoms with Crippen LogP contribution in [0.15, 0.2) is 35.5 Å². The van der Waals surface area contributed by atoms with Crippen LogP contribution in [0.25, 0.3) is 0 Å². The summed E-state index contributed by atoms with van der Waals surface area (Å²) in [6, 6.07) is 0. The first-order valence-corrected chi connectivity index (χ1v) is 12.2. The average molecular weight is 447 g/mol. The number of hydrogen-bond acceptors (Lipinski definition) is 5. The van der Waals surface area contributed by atoms with Crippen LogP contribution in [0.4, 0.5) is 0 Å². The maximum absolute atomic E-state index is 12.3. The SMILES string of the molecule is C=C1/C(=C\C=C2/CCC[C@@]3(C)[C@@H]2CC[C@@H]3[C@H](C)C[C@@H](O)C(=O)C(C)(C)O)C[C@@H](O)C[C@@H]1O. The van der Waals surface area contributed by atoms with Crippen LogP contribution in [-0.2, 0) is 4.79 Å². The lowest BCUT2D eigenvalue weighted by atomic mass is 9.60. The average Bonchev–Trinajstić information content (AvgIpc) is 3.05. The summed E-state index contributed by atoms with van der Waals surface area (Å²) in [4.78, 5) is 12.3. The van der Waals surface area contributed by atoms with Gasteiger partial charge in [0.25, 0.3) is 0 Å². The van der Waals surface area contributed by atoms with Crippen LogP contribution in [-0.4, -0.2) is 50.1 Å². The second kappa shape index (κ2) is 9.54. The van der Waals surface area contributed by atoms with E-state index in [1.54, 1.807) is 0 Å². The van der Waals surface area contributed by atoms with E-state index in [0.29, 0.717) is 36.7 Å². The molecule has 0 saturated heterocycles. The summed E-state index contributed by atoms with van der Waals surface area (Å²) in [6.07, 6.45) is 8.69. The molecule has 32 heavy (non-hydrogen) atoms. The van der Waals surface area contributed by atoms with Gasteiger partial charge in [-0.2, -0.15) is 0 Å². The Hall–Kier alpha value is -1.27. The quantitative estimate of drug-likeness (QED) is 0.497. The van der Waals surface area contributed by atoms with E-state index in [9.17, 15) is 25.2 Å². The zero-order chi connectivity index (χ0) is 23.8. The van der Waals surface area contributed by atoms with Crippen LogP contribution in [0, 0.1) is 23.2 Å². The zero-order valence-corrected chi connectivity index (χ0v) is 20.2. The minimum Gasteiger partial charge on any atom is -0.393 e. The standard InChI is InChI=1S/C27H42O5/c1-16(13-24(30)25(31)26(3,4)32)21-10-11-22-18(7-6-12-27(21,22)5)8-9-19-14-20(28)15-23(29)17(19)2/h8-9,16,20-24,28-30,32H,2,6-7,10-15H2,1,3-5H3/b18-8+,19-9-/t16-,20-,21-,22-,23+,24-,27-/m1/s1. The second-order valence-corrected chi connectivity index (χ2v) is 11.3. The minimum atomic E-state index is -1.51. The van der Waals surface area contributed by atoms with Gasteiger partial charge in [-0.3, -0.25) is 4.79 Å². The number of hydrogen-bond donors (Lipinski definition) is 4.